The van der Waals surface area contributed by atoms with Gasteiger partial charge in [-0.1, -0.05) is 12.1 Å². The number of para-hydroxylation sites is 1. The standard InChI is InChI=1S/C17H18N4O3S2/c1-12-10-11-25-15(12)8-9-16-18-17(13-6-4-5-7-14(13)22)21(19-16)26(23,24)20(2)3/h4-11,22H,1-3H3/b9-8+. The SMILES string of the molecule is Cc1ccsc1/C=C/c1nc(-c2ccccc2O)n(S(=O)(=O)N(C)C)n1. The summed E-state index contributed by atoms with van der Waals surface area (Å²) in [5.41, 5.74) is 1.41. The molecule has 0 unspecified atom stereocenters. The number of hydrogen-bond donors (Lipinski definition) is 1. The van der Waals surface area contributed by atoms with Crippen molar-refractivity contribution in [1.82, 2.24) is 18.5 Å². The number of hydrogen-bond acceptors (Lipinski definition) is 6. The molecule has 0 atom stereocenters. The Kier molecular flexibility index (Phi) is 4.94. The molecule has 9 heteroatoms. The number of phenolic OH excluding ortho intramolecular Hbond substituents is 1. The molecule has 0 aliphatic rings. The van der Waals surface area contributed by atoms with Crippen molar-refractivity contribution in [3.05, 3.63) is 52.0 Å². The zero-order valence-electron chi connectivity index (χ0n) is 14.5. The van der Waals surface area contributed by atoms with Gasteiger partial charge in [-0.15, -0.1) is 20.5 Å². The Hall–Kier alpha value is -2.49. The zero-order chi connectivity index (χ0) is 18.9. The first-order chi connectivity index (χ1) is 12.3. The second kappa shape index (κ2) is 7.02. The number of thiophene rings is 1. The summed E-state index contributed by atoms with van der Waals surface area (Å²) >= 11 is 1.57. The predicted octanol–water partition coefficient (Wildman–Crippen LogP) is 2.85. The number of phenols is 1. The van der Waals surface area contributed by atoms with Gasteiger partial charge in [0, 0.05) is 19.0 Å². The van der Waals surface area contributed by atoms with Crippen molar-refractivity contribution in [1.29, 1.82) is 0 Å². The van der Waals surface area contributed by atoms with Crippen LogP contribution in [-0.4, -0.2) is 46.1 Å². The van der Waals surface area contributed by atoms with Crippen LogP contribution in [0.4, 0.5) is 0 Å². The molecule has 1 N–H and O–H groups in total. The van der Waals surface area contributed by atoms with Crippen molar-refractivity contribution in [3.63, 3.8) is 0 Å². The minimum absolute atomic E-state index is 0.0550. The Morgan fingerprint density at radius 1 is 1.19 bits per heavy atom. The average molecular weight is 390 g/mol. The number of aromatic nitrogens is 3. The van der Waals surface area contributed by atoms with Gasteiger partial charge >= 0.3 is 10.2 Å². The third-order valence-electron chi connectivity index (χ3n) is 3.71. The molecule has 0 fully saturated rings. The molecule has 0 amide bonds. The average Bonchev–Trinajstić information content (AvgIpc) is 3.20. The largest absolute Gasteiger partial charge is 0.507 e. The Morgan fingerprint density at radius 2 is 1.92 bits per heavy atom. The van der Waals surface area contributed by atoms with E-state index in [1.54, 1.807) is 35.6 Å². The maximum atomic E-state index is 12.6. The van der Waals surface area contributed by atoms with Crippen molar-refractivity contribution in [2.45, 2.75) is 6.92 Å². The first-order valence-corrected chi connectivity index (χ1v) is 9.99. The van der Waals surface area contributed by atoms with Crippen LogP contribution in [0.1, 0.15) is 16.3 Å². The first kappa shape index (κ1) is 18.3. The van der Waals surface area contributed by atoms with Crippen LogP contribution < -0.4 is 0 Å². The maximum absolute atomic E-state index is 12.6. The van der Waals surface area contributed by atoms with Gasteiger partial charge in [-0.3, -0.25) is 0 Å². The summed E-state index contributed by atoms with van der Waals surface area (Å²) in [4.78, 5) is 5.37. The molecule has 3 aromatic rings. The van der Waals surface area contributed by atoms with E-state index >= 15 is 0 Å². The third kappa shape index (κ3) is 3.41. The lowest BCUT2D eigenvalue weighted by Crippen LogP contribution is -2.30. The van der Waals surface area contributed by atoms with E-state index in [1.165, 1.54) is 20.2 Å². The molecular formula is C17H18N4O3S2. The van der Waals surface area contributed by atoms with Crippen LogP contribution in [-0.2, 0) is 10.2 Å². The summed E-state index contributed by atoms with van der Waals surface area (Å²) < 4.78 is 27.1. The van der Waals surface area contributed by atoms with Crippen molar-refractivity contribution >= 4 is 33.7 Å². The Labute approximate surface area is 156 Å². The highest BCUT2D eigenvalue weighted by molar-refractivity contribution is 7.87. The molecule has 0 spiro atoms. The van der Waals surface area contributed by atoms with Gasteiger partial charge in [0.15, 0.2) is 11.6 Å². The van der Waals surface area contributed by atoms with Crippen molar-refractivity contribution in [2.24, 2.45) is 0 Å². The molecule has 0 aliphatic carbocycles. The summed E-state index contributed by atoms with van der Waals surface area (Å²) in [6, 6.07) is 8.42. The minimum Gasteiger partial charge on any atom is -0.507 e. The first-order valence-electron chi connectivity index (χ1n) is 7.71. The second-order valence-corrected chi connectivity index (χ2v) is 8.66. The maximum Gasteiger partial charge on any atom is 0.324 e. The Balaban J connectivity index is 2.14. The molecule has 7 nitrogen and oxygen atoms in total. The highest BCUT2D eigenvalue weighted by atomic mass is 32.2. The lowest BCUT2D eigenvalue weighted by Gasteiger charge is -2.12. The summed E-state index contributed by atoms with van der Waals surface area (Å²) in [5, 5.41) is 16.2. The molecule has 0 bridgehead atoms. The van der Waals surface area contributed by atoms with Gasteiger partial charge in [-0.25, -0.2) is 4.98 Å². The van der Waals surface area contributed by atoms with Crippen molar-refractivity contribution < 1.29 is 13.5 Å². The normalized spacial score (nSPS) is 12.3. The van der Waals surface area contributed by atoms with Crippen molar-refractivity contribution in [3.8, 4) is 17.1 Å². The van der Waals surface area contributed by atoms with E-state index in [2.05, 4.69) is 10.1 Å². The van der Waals surface area contributed by atoms with Crippen LogP contribution in [0, 0.1) is 6.92 Å². The van der Waals surface area contributed by atoms with E-state index in [-0.39, 0.29) is 23.0 Å². The second-order valence-electron chi connectivity index (χ2n) is 5.75. The lowest BCUT2D eigenvalue weighted by atomic mass is 10.2. The molecule has 2 aromatic heterocycles. The van der Waals surface area contributed by atoms with Crippen molar-refractivity contribution in [2.75, 3.05) is 14.1 Å². The Morgan fingerprint density at radius 3 is 2.54 bits per heavy atom. The molecule has 1 aromatic carbocycles. The molecule has 0 radical (unpaired) electrons. The molecule has 3 rings (SSSR count). The van der Waals surface area contributed by atoms with E-state index in [1.807, 2.05) is 24.4 Å². The van der Waals surface area contributed by atoms with Gasteiger partial charge in [-0.05, 0) is 48.2 Å². The van der Waals surface area contributed by atoms with E-state index < -0.39 is 10.2 Å². The number of nitrogens with zero attached hydrogens (tertiary/aromatic N) is 4. The van der Waals surface area contributed by atoms with Crippen LogP contribution in [0.15, 0.2) is 35.7 Å². The van der Waals surface area contributed by atoms with Crippen LogP contribution in [0.5, 0.6) is 5.75 Å². The highest BCUT2D eigenvalue weighted by Gasteiger charge is 2.25. The summed E-state index contributed by atoms with van der Waals surface area (Å²) in [7, 11) is -1.07. The zero-order valence-corrected chi connectivity index (χ0v) is 16.1. The fraction of sp³-hybridized carbons (Fsp3) is 0.176. The molecule has 2 heterocycles. The van der Waals surface area contributed by atoms with E-state index in [9.17, 15) is 13.5 Å². The van der Waals surface area contributed by atoms with Gasteiger partial charge in [0.1, 0.15) is 5.75 Å². The van der Waals surface area contributed by atoms with Crippen LogP contribution >= 0.6 is 11.3 Å². The third-order valence-corrected chi connectivity index (χ3v) is 6.30. The predicted molar refractivity (Wildman–Crippen MR) is 103 cm³/mol. The van der Waals surface area contributed by atoms with Gasteiger partial charge in [0.25, 0.3) is 0 Å². The topological polar surface area (TPSA) is 88.3 Å². The molecular weight excluding hydrogens is 372 g/mol. The van der Waals surface area contributed by atoms with Gasteiger partial charge < -0.3 is 5.11 Å². The van der Waals surface area contributed by atoms with Gasteiger partial charge in [-0.2, -0.15) is 12.7 Å². The lowest BCUT2D eigenvalue weighted by molar-refractivity contribution is 0.476. The van der Waals surface area contributed by atoms with Crippen LogP contribution in [0.25, 0.3) is 23.5 Å². The molecule has 0 saturated heterocycles. The number of rotatable bonds is 5. The summed E-state index contributed by atoms with van der Waals surface area (Å²) in [6.45, 7) is 1.99. The summed E-state index contributed by atoms with van der Waals surface area (Å²) in [5.74, 6) is 0.223. The van der Waals surface area contributed by atoms with E-state index in [4.69, 9.17) is 0 Å². The quantitative estimate of drug-likeness (QED) is 0.724. The highest BCUT2D eigenvalue weighted by Crippen LogP contribution is 2.29. The van der Waals surface area contributed by atoms with Crippen LogP contribution in [0.2, 0.25) is 0 Å². The van der Waals surface area contributed by atoms with E-state index in [0.29, 0.717) is 0 Å². The molecule has 0 saturated carbocycles. The number of aromatic hydroxyl groups is 1. The molecule has 0 aliphatic heterocycles. The minimum atomic E-state index is -3.90. The molecule has 26 heavy (non-hydrogen) atoms. The smallest absolute Gasteiger partial charge is 0.324 e. The number of aryl methyl sites for hydroxylation is 1. The fourth-order valence-corrected chi connectivity index (χ4v) is 3.90. The van der Waals surface area contributed by atoms with Gasteiger partial charge in [0.05, 0.1) is 5.56 Å². The van der Waals surface area contributed by atoms with E-state index in [0.717, 1.165) is 18.8 Å². The number of benzene rings is 1. The monoisotopic (exact) mass is 390 g/mol. The van der Waals surface area contributed by atoms with Gasteiger partial charge in [0.2, 0.25) is 0 Å². The fourth-order valence-electron chi connectivity index (χ4n) is 2.23. The summed E-state index contributed by atoms with van der Waals surface area (Å²) in [6.07, 6.45) is 3.50. The Bertz CT molecular complexity index is 1070. The van der Waals surface area contributed by atoms with Crippen LogP contribution in [0.3, 0.4) is 0 Å². The molecule has 136 valence electrons.